The molecule has 0 heterocycles. The number of aryl methyl sites for hydroxylation is 1. The standard InChI is InChI=1S/C10H14ClNO2/c1-6-4-7(9(13)2-3-12)5-8(11)10(6)14/h4-5,9,13-14H,2-3,12H2,1H3. The van der Waals surface area contributed by atoms with Crippen LogP contribution in [0.1, 0.15) is 23.7 Å². The van der Waals surface area contributed by atoms with E-state index in [1.54, 1.807) is 19.1 Å². The number of nitrogens with two attached hydrogens (primary N) is 1. The molecule has 1 rings (SSSR count). The zero-order valence-electron chi connectivity index (χ0n) is 8.00. The molecule has 78 valence electrons. The maximum atomic E-state index is 9.64. The summed E-state index contributed by atoms with van der Waals surface area (Å²) in [5.41, 5.74) is 6.68. The molecule has 1 aromatic carbocycles. The molecule has 0 saturated heterocycles. The van der Waals surface area contributed by atoms with Crippen molar-refractivity contribution in [1.29, 1.82) is 0 Å². The van der Waals surface area contributed by atoms with Crippen molar-refractivity contribution in [3.05, 3.63) is 28.3 Å². The van der Waals surface area contributed by atoms with Gasteiger partial charge in [-0.15, -0.1) is 0 Å². The summed E-state index contributed by atoms with van der Waals surface area (Å²) in [5, 5.41) is 19.3. The second-order valence-corrected chi connectivity index (χ2v) is 3.67. The van der Waals surface area contributed by atoms with Crippen LogP contribution in [-0.2, 0) is 0 Å². The average molecular weight is 216 g/mol. The summed E-state index contributed by atoms with van der Waals surface area (Å²) < 4.78 is 0. The molecule has 0 aliphatic rings. The lowest BCUT2D eigenvalue weighted by atomic mass is 10.0. The van der Waals surface area contributed by atoms with Crippen LogP contribution in [0.3, 0.4) is 0 Å². The van der Waals surface area contributed by atoms with Gasteiger partial charge >= 0.3 is 0 Å². The number of hydrogen-bond donors (Lipinski definition) is 3. The number of aliphatic hydroxyl groups is 1. The zero-order chi connectivity index (χ0) is 10.7. The number of rotatable bonds is 3. The highest BCUT2D eigenvalue weighted by atomic mass is 35.5. The summed E-state index contributed by atoms with van der Waals surface area (Å²) in [6, 6.07) is 3.27. The van der Waals surface area contributed by atoms with E-state index in [1.807, 2.05) is 0 Å². The normalized spacial score (nSPS) is 12.9. The molecule has 0 amide bonds. The molecule has 0 saturated carbocycles. The molecule has 1 unspecified atom stereocenters. The number of phenolic OH excluding ortho intramolecular Hbond substituents is 1. The van der Waals surface area contributed by atoms with Gasteiger partial charge in [0.1, 0.15) is 5.75 Å². The summed E-state index contributed by atoms with van der Waals surface area (Å²) in [5.74, 6) is 0.0652. The van der Waals surface area contributed by atoms with E-state index in [9.17, 15) is 10.2 Å². The largest absolute Gasteiger partial charge is 0.506 e. The number of hydrogen-bond acceptors (Lipinski definition) is 3. The highest BCUT2D eigenvalue weighted by molar-refractivity contribution is 6.32. The first-order valence-electron chi connectivity index (χ1n) is 4.43. The number of phenols is 1. The van der Waals surface area contributed by atoms with Crippen LogP contribution in [0.15, 0.2) is 12.1 Å². The quantitative estimate of drug-likeness (QED) is 0.720. The highest BCUT2D eigenvalue weighted by Gasteiger charge is 2.11. The van der Waals surface area contributed by atoms with E-state index in [1.165, 1.54) is 0 Å². The molecule has 0 aliphatic heterocycles. The maximum absolute atomic E-state index is 9.64. The smallest absolute Gasteiger partial charge is 0.137 e. The molecule has 0 radical (unpaired) electrons. The van der Waals surface area contributed by atoms with E-state index < -0.39 is 6.10 Å². The van der Waals surface area contributed by atoms with Gasteiger partial charge in [0, 0.05) is 0 Å². The Morgan fingerprint density at radius 2 is 2.14 bits per heavy atom. The fraction of sp³-hybridized carbons (Fsp3) is 0.400. The summed E-state index contributed by atoms with van der Waals surface area (Å²) >= 11 is 5.77. The first kappa shape index (κ1) is 11.3. The SMILES string of the molecule is Cc1cc(C(O)CCN)cc(Cl)c1O. The molecule has 0 aromatic heterocycles. The lowest BCUT2D eigenvalue weighted by molar-refractivity contribution is 0.170. The minimum atomic E-state index is -0.614. The predicted molar refractivity (Wildman–Crippen MR) is 56.5 cm³/mol. The Kier molecular flexibility index (Phi) is 3.75. The molecule has 4 heteroatoms. The first-order chi connectivity index (χ1) is 6.56. The van der Waals surface area contributed by atoms with Gasteiger partial charge in [-0.1, -0.05) is 11.6 Å². The summed E-state index contributed by atoms with van der Waals surface area (Å²) in [6.45, 7) is 2.15. The van der Waals surface area contributed by atoms with Crippen LogP contribution in [0.25, 0.3) is 0 Å². The summed E-state index contributed by atoms with van der Waals surface area (Å²) in [6.07, 6.45) is -0.127. The van der Waals surface area contributed by atoms with E-state index in [-0.39, 0.29) is 10.8 Å². The van der Waals surface area contributed by atoms with E-state index in [4.69, 9.17) is 17.3 Å². The van der Waals surface area contributed by atoms with Gasteiger partial charge in [-0.05, 0) is 43.1 Å². The van der Waals surface area contributed by atoms with E-state index in [0.717, 1.165) is 0 Å². The van der Waals surface area contributed by atoms with E-state index >= 15 is 0 Å². The molecule has 14 heavy (non-hydrogen) atoms. The fourth-order valence-corrected chi connectivity index (χ4v) is 1.56. The van der Waals surface area contributed by atoms with Crippen molar-refractivity contribution in [2.45, 2.75) is 19.4 Å². The lowest BCUT2D eigenvalue weighted by Crippen LogP contribution is -2.06. The van der Waals surface area contributed by atoms with Crippen LogP contribution in [0.2, 0.25) is 5.02 Å². The van der Waals surface area contributed by atoms with Gasteiger partial charge in [-0.25, -0.2) is 0 Å². The predicted octanol–water partition coefficient (Wildman–Crippen LogP) is 1.74. The molecule has 1 aromatic rings. The third kappa shape index (κ3) is 2.38. The Morgan fingerprint density at radius 1 is 1.50 bits per heavy atom. The fourth-order valence-electron chi connectivity index (χ4n) is 1.28. The minimum Gasteiger partial charge on any atom is -0.506 e. The molecule has 0 aliphatic carbocycles. The molecular weight excluding hydrogens is 202 g/mol. The number of aliphatic hydroxyl groups excluding tert-OH is 1. The Hall–Kier alpha value is -0.770. The average Bonchev–Trinajstić information content (AvgIpc) is 2.13. The van der Waals surface area contributed by atoms with Crippen molar-refractivity contribution in [3.63, 3.8) is 0 Å². The minimum absolute atomic E-state index is 0.0652. The number of aromatic hydroxyl groups is 1. The molecular formula is C10H14ClNO2. The molecule has 4 N–H and O–H groups in total. The van der Waals surface area contributed by atoms with Crippen molar-refractivity contribution in [1.82, 2.24) is 0 Å². The lowest BCUT2D eigenvalue weighted by Gasteiger charge is -2.12. The molecule has 0 fully saturated rings. The monoisotopic (exact) mass is 215 g/mol. The van der Waals surface area contributed by atoms with Gasteiger partial charge in [-0.3, -0.25) is 0 Å². The summed E-state index contributed by atoms with van der Waals surface area (Å²) in [7, 11) is 0. The van der Waals surface area contributed by atoms with Crippen LogP contribution in [0, 0.1) is 6.92 Å². The molecule has 1 atom stereocenters. The van der Waals surface area contributed by atoms with Crippen molar-refractivity contribution < 1.29 is 10.2 Å². The van der Waals surface area contributed by atoms with Crippen molar-refractivity contribution in [2.75, 3.05) is 6.54 Å². The number of benzene rings is 1. The van der Waals surface area contributed by atoms with Crippen LogP contribution < -0.4 is 5.73 Å². The third-order valence-electron chi connectivity index (χ3n) is 2.10. The van der Waals surface area contributed by atoms with Gasteiger partial charge in [-0.2, -0.15) is 0 Å². The number of halogens is 1. The second kappa shape index (κ2) is 4.64. The van der Waals surface area contributed by atoms with E-state index in [2.05, 4.69) is 0 Å². The van der Waals surface area contributed by atoms with Crippen LogP contribution in [0.5, 0.6) is 5.75 Å². The van der Waals surface area contributed by atoms with E-state index in [0.29, 0.717) is 24.1 Å². The van der Waals surface area contributed by atoms with Crippen LogP contribution in [0.4, 0.5) is 0 Å². The molecule has 3 nitrogen and oxygen atoms in total. The topological polar surface area (TPSA) is 66.5 Å². The van der Waals surface area contributed by atoms with Crippen LogP contribution in [-0.4, -0.2) is 16.8 Å². The van der Waals surface area contributed by atoms with Crippen molar-refractivity contribution in [3.8, 4) is 5.75 Å². The Morgan fingerprint density at radius 3 is 2.64 bits per heavy atom. The second-order valence-electron chi connectivity index (χ2n) is 3.26. The van der Waals surface area contributed by atoms with Gasteiger partial charge in [0.25, 0.3) is 0 Å². The Bertz CT molecular complexity index is 305. The highest BCUT2D eigenvalue weighted by Crippen LogP contribution is 2.31. The van der Waals surface area contributed by atoms with Crippen LogP contribution >= 0.6 is 11.6 Å². The van der Waals surface area contributed by atoms with Gasteiger partial charge in [0.05, 0.1) is 11.1 Å². The van der Waals surface area contributed by atoms with Crippen molar-refractivity contribution in [2.24, 2.45) is 5.73 Å². The van der Waals surface area contributed by atoms with Gasteiger partial charge in [0.15, 0.2) is 0 Å². The Labute approximate surface area is 88.1 Å². The van der Waals surface area contributed by atoms with Crippen molar-refractivity contribution >= 4 is 11.6 Å². The van der Waals surface area contributed by atoms with Gasteiger partial charge in [0.2, 0.25) is 0 Å². The molecule has 0 bridgehead atoms. The zero-order valence-corrected chi connectivity index (χ0v) is 8.75. The summed E-state index contributed by atoms with van der Waals surface area (Å²) in [4.78, 5) is 0. The third-order valence-corrected chi connectivity index (χ3v) is 2.39. The maximum Gasteiger partial charge on any atom is 0.137 e. The van der Waals surface area contributed by atoms with Gasteiger partial charge < -0.3 is 15.9 Å². The first-order valence-corrected chi connectivity index (χ1v) is 4.81. The Balaban J connectivity index is 3.00. The molecule has 0 spiro atoms.